The van der Waals surface area contributed by atoms with Gasteiger partial charge in [0, 0.05) is 19.0 Å². The fourth-order valence-corrected chi connectivity index (χ4v) is 4.17. The Morgan fingerprint density at radius 3 is 2.33 bits per heavy atom. The summed E-state index contributed by atoms with van der Waals surface area (Å²) in [5.41, 5.74) is 4.75. The summed E-state index contributed by atoms with van der Waals surface area (Å²) in [4.78, 5) is 67.4. The molecular weight excluding hydrogens is 504 g/mol. The number of hydrogen-bond acceptors (Lipinski definition) is 8. The number of fused-ring (bicyclic) bond motifs is 1. The Morgan fingerprint density at radius 1 is 1.03 bits per heavy atom. The minimum absolute atomic E-state index is 0.0637. The zero-order valence-corrected chi connectivity index (χ0v) is 21.7. The molecule has 4 rings (SSSR count). The molecule has 0 saturated heterocycles. The van der Waals surface area contributed by atoms with Crippen LogP contribution < -0.4 is 27.4 Å². The Balaban J connectivity index is 1.65. The highest BCUT2D eigenvalue weighted by molar-refractivity contribution is 6.03. The quantitative estimate of drug-likeness (QED) is 0.321. The summed E-state index contributed by atoms with van der Waals surface area (Å²) < 4.78 is 7.46. The fourth-order valence-electron chi connectivity index (χ4n) is 4.17. The SMILES string of the molecule is CC(C)CN(C(=O)COC(=O)c1nn(C)c(=O)c2ccccc12)c1c(N)n(Cc2ccccc2)c(=O)[nH]c1=O. The molecule has 4 aromatic rings. The van der Waals surface area contributed by atoms with Crippen molar-refractivity contribution >= 4 is 34.2 Å². The van der Waals surface area contributed by atoms with Crippen LogP contribution in [-0.2, 0) is 23.1 Å². The first kappa shape index (κ1) is 27.0. The molecule has 0 aliphatic heterocycles. The van der Waals surface area contributed by atoms with E-state index in [4.69, 9.17) is 10.5 Å². The van der Waals surface area contributed by atoms with Crippen molar-refractivity contribution in [1.82, 2.24) is 19.3 Å². The van der Waals surface area contributed by atoms with Gasteiger partial charge in [-0.2, -0.15) is 5.10 Å². The summed E-state index contributed by atoms with van der Waals surface area (Å²) >= 11 is 0. The van der Waals surface area contributed by atoms with E-state index in [-0.39, 0.29) is 52.5 Å². The molecule has 0 bridgehead atoms. The third kappa shape index (κ3) is 5.64. The number of benzene rings is 2. The molecule has 12 nitrogen and oxygen atoms in total. The normalized spacial score (nSPS) is 11.1. The molecule has 0 aliphatic carbocycles. The van der Waals surface area contributed by atoms with Gasteiger partial charge >= 0.3 is 11.7 Å². The van der Waals surface area contributed by atoms with Crippen molar-refractivity contribution in [1.29, 1.82) is 0 Å². The molecule has 0 spiro atoms. The molecule has 0 atom stereocenters. The van der Waals surface area contributed by atoms with E-state index in [2.05, 4.69) is 10.1 Å². The van der Waals surface area contributed by atoms with Crippen molar-refractivity contribution in [3.8, 4) is 0 Å². The van der Waals surface area contributed by atoms with Crippen LogP contribution in [0.2, 0.25) is 0 Å². The fraction of sp³-hybridized carbons (Fsp3) is 0.259. The monoisotopic (exact) mass is 532 g/mol. The van der Waals surface area contributed by atoms with Crippen LogP contribution >= 0.6 is 0 Å². The summed E-state index contributed by atoms with van der Waals surface area (Å²) in [5, 5.41) is 4.57. The Kier molecular flexibility index (Phi) is 7.75. The first-order chi connectivity index (χ1) is 18.6. The van der Waals surface area contributed by atoms with E-state index in [9.17, 15) is 24.0 Å². The minimum atomic E-state index is -0.921. The van der Waals surface area contributed by atoms with Gasteiger partial charge in [-0.25, -0.2) is 14.3 Å². The highest BCUT2D eigenvalue weighted by Gasteiger charge is 2.27. The second-order valence-electron chi connectivity index (χ2n) is 9.36. The lowest BCUT2D eigenvalue weighted by Crippen LogP contribution is -2.44. The van der Waals surface area contributed by atoms with Crippen LogP contribution in [0.25, 0.3) is 10.8 Å². The number of hydrogen-bond donors (Lipinski definition) is 2. The average Bonchev–Trinajstić information content (AvgIpc) is 2.91. The van der Waals surface area contributed by atoms with Crippen molar-refractivity contribution in [2.45, 2.75) is 20.4 Å². The number of nitrogens with one attached hydrogen (secondary N) is 1. The number of esters is 1. The number of nitrogens with two attached hydrogens (primary N) is 1. The molecule has 0 aliphatic rings. The standard InChI is InChI=1S/C27H28N6O6/c1-16(2)13-32(22-23(28)33(27(38)29-24(22)35)14-17-9-5-4-6-10-17)20(34)15-39-26(37)21-18-11-7-8-12-19(18)25(36)31(3)30-21/h4-12,16H,13-15,28H2,1-3H3,(H,29,35,38). The number of carbonyl (C=O) groups excluding carboxylic acids is 2. The summed E-state index contributed by atoms with van der Waals surface area (Å²) in [5.74, 6) is -1.95. The maximum Gasteiger partial charge on any atom is 0.359 e. The van der Waals surface area contributed by atoms with E-state index in [0.717, 1.165) is 15.1 Å². The van der Waals surface area contributed by atoms with E-state index < -0.39 is 29.7 Å². The minimum Gasteiger partial charge on any atom is -0.451 e. The van der Waals surface area contributed by atoms with Gasteiger partial charge in [-0.3, -0.25) is 23.9 Å². The Morgan fingerprint density at radius 2 is 1.67 bits per heavy atom. The Bertz CT molecular complexity index is 1720. The Labute approximate surface area is 222 Å². The van der Waals surface area contributed by atoms with Gasteiger partial charge in [0.2, 0.25) is 0 Å². The number of anilines is 2. The number of nitrogens with zero attached hydrogens (tertiary/aromatic N) is 4. The van der Waals surface area contributed by atoms with Gasteiger partial charge in [-0.1, -0.05) is 62.4 Å². The number of nitrogen functional groups attached to an aromatic ring is 1. The lowest BCUT2D eigenvalue weighted by molar-refractivity contribution is -0.121. The van der Waals surface area contributed by atoms with Crippen LogP contribution in [0.3, 0.4) is 0 Å². The summed E-state index contributed by atoms with van der Waals surface area (Å²) in [6.45, 7) is 3.06. The molecule has 3 N–H and O–H groups in total. The van der Waals surface area contributed by atoms with Crippen molar-refractivity contribution < 1.29 is 14.3 Å². The van der Waals surface area contributed by atoms with Crippen molar-refractivity contribution in [3.63, 3.8) is 0 Å². The van der Waals surface area contributed by atoms with E-state index in [1.54, 1.807) is 48.5 Å². The van der Waals surface area contributed by atoms with Crippen LogP contribution in [0.1, 0.15) is 29.9 Å². The van der Waals surface area contributed by atoms with Crippen LogP contribution in [0, 0.1) is 5.92 Å². The second kappa shape index (κ2) is 11.2. The van der Waals surface area contributed by atoms with Gasteiger partial charge in [0.25, 0.3) is 17.0 Å². The van der Waals surface area contributed by atoms with E-state index in [0.29, 0.717) is 0 Å². The van der Waals surface area contributed by atoms with Crippen LogP contribution in [0.4, 0.5) is 11.5 Å². The molecule has 2 heterocycles. The molecule has 39 heavy (non-hydrogen) atoms. The predicted octanol–water partition coefficient (Wildman–Crippen LogP) is 1.26. The lowest BCUT2D eigenvalue weighted by Gasteiger charge is -2.26. The van der Waals surface area contributed by atoms with Gasteiger partial charge in [-0.05, 0) is 17.5 Å². The number of aryl methyl sites for hydroxylation is 1. The topological polar surface area (TPSA) is 162 Å². The first-order valence-corrected chi connectivity index (χ1v) is 12.2. The highest BCUT2D eigenvalue weighted by atomic mass is 16.5. The van der Waals surface area contributed by atoms with Gasteiger partial charge in [0.15, 0.2) is 18.0 Å². The number of aromatic nitrogens is 4. The van der Waals surface area contributed by atoms with Gasteiger partial charge in [0.1, 0.15) is 5.82 Å². The molecule has 1 amide bonds. The average molecular weight is 533 g/mol. The van der Waals surface area contributed by atoms with Crippen molar-refractivity contribution in [2.75, 3.05) is 23.8 Å². The van der Waals surface area contributed by atoms with Gasteiger partial charge in [0.05, 0.1) is 11.9 Å². The third-order valence-corrected chi connectivity index (χ3v) is 5.99. The van der Waals surface area contributed by atoms with E-state index in [1.165, 1.54) is 11.6 Å². The van der Waals surface area contributed by atoms with Crippen LogP contribution in [-0.4, -0.2) is 44.4 Å². The van der Waals surface area contributed by atoms with E-state index >= 15 is 0 Å². The van der Waals surface area contributed by atoms with Crippen molar-refractivity contribution in [3.05, 3.63) is 97.0 Å². The largest absolute Gasteiger partial charge is 0.451 e. The molecule has 2 aromatic carbocycles. The maximum atomic E-state index is 13.3. The van der Waals surface area contributed by atoms with Gasteiger partial charge < -0.3 is 15.4 Å². The summed E-state index contributed by atoms with van der Waals surface area (Å²) in [6.07, 6.45) is 0. The zero-order chi connectivity index (χ0) is 28.3. The lowest BCUT2D eigenvalue weighted by atomic mass is 10.1. The predicted molar refractivity (Wildman–Crippen MR) is 146 cm³/mol. The second-order valence-corrected chi connectivity index (χ2v) is 9.36. The number of amides is 1. The summed E-state index contributed by atoms with van der Waals surface area (Å²) in [7, 11) is 1.40. The highest BCUT2D eigenvalue weighted by Crippen LogP contribution is 2.20. The number of ether oxygens (including phenoxy) is 1. The summed E-state index contributed by atoms with van der Waals surface area (Å²) in [6, 6.07) is 15.4. The number of aromatic amines is 1. The third-order valence-electron chi connectivity index (χ3n) is 5.99. The molecule has 202 valence electrons. The molecule has 0 fully saturated rings. The molecular formula is C27H28N6O6. The van der Waals surface area contributed by atoms with Gasteiger partial charge in [-0.15, -0.1) is 0 Å². The molecule has 0 saturated carbocycles. The van der Waals surface area contributed by atoms with Crippen LogP contribution in [0.5, 0.6) is 0 Å². The molecule has 12 heteroatoms. The number of carbonyl (C=O) groups is 2. The van der Waals surface area contributed by atoms with Crippen LogP contribution in [0.15, 0.2) is 69.0 Å². The molecule has 0 unspecified atom stereocenters. The Hall–Kier alpha value is -5.00. The number of H-pyrrole nitrogens is 1. The molecule has 0 radical (unpaired) electrons. The number of rotatable bonds is 8. The molecule has 2 aromatic heterocycles. The smallest absolute Gasteiger partial charge is 0.359 e. The first-order valence-electron chi connectivity index (χ1n) is 12.2. The van der Waals surface area contributed by atoms with E-state index in [1.807, 2.05) is 19.9 Å². The van der Waals surface area contributed by atoms with Crippen molar-refractivity contribution in [2.24, 2.45) is 13.0 Å². The maximum absolute atomic E-state index is 13.3. The zero-order valence-electron chi connectivity index (χ0n) is 21.7.